The Morgan fingerprint density at radius 3 is 2.68 bits per heavy atom. The molecule has 0 aliphatic heterocycles. The lowest BCUT2D eigenvalue weighted by Gasteiger charge is -2.08. The van der Waals surface area contributed by atoms with Crippen molar-refractivity contribution in [1.29, 1.82) is 5.26 Å². The zero-order chi connectivity index (χ0) is 14.0. The summed E-state index contributed by atoms with van der Waals surface area (Å²) in [7, 11) is 0. The van der Waals surface area contributed by atoms with Crippen LogP contribution in [0.4, 0.5) is 29.8 Å². The van der Waals surface area contributed by atoms with Gasteiger partial charge in [0, 0.05) is 5.69 Å². The molecule has 0 aliphatic carbocycles. The van der Waals surface area contributed by atoms with Crippen molar-refractivity contribution in [3.8, 4) is 6.07 Å². The van der Waals surface area contributed by atoms with Crippen molar-refractivity contribution in [2.24, 2.45) is 0 Å². The number of nitrogens with one attached hydrogen (secondary N) is 1. The van der Waals surface area contributed by atoms with Crippen LogP contribution < -0.4 is 11.1 Å². The van der Waals surface area contributed by atoms with Gasteiger partial charge in [0.15, 0.2) is 10.9 Å². The maximum Gasteiger partial charge on any atom is 0.416 e. The van der Waals surface area contributed by atoms with Crippen LogP contribution in [0.15, 0.2) is 24.3 Å². The van der Waals surface area contributed by atoms with E-state index in [2.05, 4.69) is 10.3 Å². The number of nitriles is 1. The van der Waals surface area contributed by atoms with E-state index >= 15 is 0 Å². The Kier molecular flexibility index (Phi) is 3.31. The highest BCUT2D eigenvalue weighted by Crippen LogP contribution is 2.32. The van der Waals surface area contributed by atoms with Crippen molar-refractivity contribution in [2.45, 2.75) is 6.18 Å². The van der Waals surface area contributed by atoms with Crippen LogP contribution in [0.25, 0.3) is 0 Å². The second kappa shape index (κ2) is 4.78. The van der Waals surface area contributed by atoms with Crippen molar-refractivity contribution < 1.29 is 13.2 Å². The van der Waals surface area contributed by atoms with E-state index in [-0.39, 0.29) is 21.5 Å². The molecule has 0 unspecified atom stereocenters. The Hall–Kier alpha value is -2.27. The maximum absolute atomic E-state index is 12.5. The van der Waals surface area contributed by atoms with Crippen LogP contribution in [0.1, 0.15) is 10.4 Å². The summed E-state index contributed by atoms with van der Waals surface area (Å²) in [5, 5.41) is 11.7. The zero-order valence-electron chi connectivity index (χ0n) is 9.32. The number of hydrogen-bond acceptors (Lipinski definition) is 5. The number of rotatable bonds is 2. The molecule has 0 bridgehead atoms. The molecule has 1 aromatic carbocycles. The molecule has 0 radical (unpaired) electrons. The van der Waals surface area contributed by atoms with Crippen LogP contribution in [0.3, 0.4) is 0 Å². The summed E-state index contributed by atoms with van der Waals surface area (Å²) in [5.41, 5.74) is 4.93. The highest BCUT2D eigenvalue weighted by Gasteiger charge is 2.30. The summed E-state index contributed by atoms with van der Waals surface area (Å²) in [6.45, 7) is 0. The molecule has 19 heavy (non-hydrogen) atoms. The molecule has 2 rings (SSSR count). The molecule has 0 spiro atoms. The molecule has 98 valence electrons. The van der Waals surface area contributed by atoms with Crippen molar-refractivity contribution >= 4 is 28.0 Å². The molecule has 1 heterocycles. The summed E-state index contributed by atoms with van der Waals surface area (Å²) in [4.78, 5) is 4.07. The average molecular weight is 284 g/mol. The van der Waals surface area contributed by atoms with Gasteiger partial charge in [0.1, 0.15) is 10.9 Å². The Labute approximate surface area is 110 Å². The van der Waals surface area contributed by atoms with E-state index in [1.807, 2.05) is 6.07 Å². The number of benzene rings is 1. The van der Waals surface area contributed by atoms with Gasteiger partial charge < -0.3 is 11.1 Å². The number of nitrogens with zero attached hydrogens (tertiary/aromatic N) is 2. The Morgan fingerprint density at radius 2 is 2.11 bits per heavy atom. The molecule has 0 saturated heterocycles. The maximum atomic E-state index is 12.5. The Balaban J connectivity index is 2.26. The third kappa shape index (κ3) is 2.95. The Morgan fingerprint density at radius 1 is 1.37 bits per heavy atom. The van der Waals surface area contributed by atoms with Crippen LogP contribution >= 0.6 is 11.3 Å². The van der Waals surface area contributed by atoms with Crippen molar-refractivity contribution in [2.75, 3.05) is 11.1 Å². The molecule has 1 aromatic heterocycles. The fourth-order valence-corrected chi connectivity index (χ4v) is 2.06. The van der Waals surface area contributed by atoms with Crippen molar-refractivity contribution in [3.05, 3.63) is 34.7 Å². The van der Waals surface area contributed by atoms with Crippen molar-refractivity contribution in [3.63, 3.8) is 0 Å². The van der Waals surface area contributed by atoms with Gasteiger partial charge in [-0.1, -0.05) is 17.4 Å². The third-order valence-electron chi connectivity index (χ3n) is 2.20. The van der Waals surface area contributed by atoms with Gasteiger partial charge in [-0.15, -0.1) is 0 Å². The normalized spacial score (nSPS) is 11.1. The number of anilines is 3. The third-order valence-corrected chi connectivity index (χ3v) is 3.09. The topological polar surface area (TPSA) is 74.7 Å². The first-order valence-corrected chi connectivity index (χ1v) is 5.82. The second-order valence-electron chi connectivity index (χ2n) is 3.55. The minimum Gasteiger partial charge on any atom is -0.382 e. The number of nitrogen functional groups attached to an aromatic ring is 1. The van der Waals surface area contributed by atoms with Crippen molar-refractivity contribution in [1.82, 2.24) is 4.98 Å². The van der Waals surface area contributed by atoms with Gasteiger partial charge in [-0.2, -0.15) is 18.4 Å². The zero-order valence-corrected chi connectivity index (χ0v) is 10.1. The smallest absolute Gasteiger partial charge is 0.382 e. The van der Waals surface area contributed by atoms with Crippen LogP contribution in [-0.2, 0) is 6.18 Å². The van der Waals surface area contributed by atoms with E-state index in [9.17, 15) is 13.2 Å². The first-order valence-electron chi connectivity index (χ1n) is 5.01. The summed E-state index contributed by atoms with van der Waals surface area (Å²) in [6.07, 6.45) is -4.41. The van der Waals surface area contributed by atoms with E-state index in [0.29, 0.717) is 0 Å². The molecular weight excluding hydrogens is 277 g/mol. The molecule has 3 N–H and O–H groups in total. The molecular formula is C11H7F3N4S. The molecule has 4 nitrogen and oxygen atoms in total. The predicted molar refractivity (Wildman–Crippen MR) is 66.0 cm³/mol. The fraction of sp³-hybridized carbons (Fsp3) is 0.0909. The van der Waals surface area contributed by atoms with Gasteiger partial charge in [-0.3, -0.25) is 0 Å². The molecule has 0 aliphatic rings. The van der Waals surface area contributed by atoms with E-state index in [0.717, 1.165) is 23.5 Å². The van der Waals surface area contributed by atoms with Crippen LogP contribution in [-0.4, -0.2) is 4.98 Å². The molecule has 0 fully saturated rings. The molecule has 0 amide bonds. The fourth-order valence-electron chi connectivity index (χ4n) is 1.36. The lowest BCUT2D eigenvalue weighted by molar-refractivity contribution is -0.137. The average Bonchev–Trinajstić information content (AvgIpc) is 2.68. The van der Waals surface area contributed by atoms with Gasteiger partial charge in [0.25, 0.3) is 0 Å². The summed E-state index contributed by atoms with van der Waals surface area (Å²) in [6, 6.07) is 6.54. The highest BCUT2D eigenvalue weighted by molar-refractivity contribution is 7.16. The van der Waals surface area contributed by atoms with E-state index in [4.69, 9.17) is 11.0 Å². The lowest BCUT2D eigenvalue weighted by Crippen LogP contribution is -2.05. The van der Waals surface area contributed by atoms with E-state index in [1.165, 1.54) is 12.1 Å². The predicted octanol–water partition coefficient (Wildman–Crippen LogP) is 3.36. The largest absolute Gasteiger partial charge is 0.416 e. The SMILES string of the molecule is N#Cc1sc(Nc2cccc(C(F)(F)F)c2)nc1N. The number of halogens is 3. The number of nitrogens with two attached hydrogens (primary N) is 1. The standard InChI is InChI=1S/C11H7F3N4S/c12-11(13,14)6-2-1-3-7(4-6)17-10-18-9(16)8(5-15)19-10/h1-4H,16H2,(H,17,18). The molecule has 2 aromatic rings. The number of hydrogen-bond donors (Lipinski definition) is 2. The Bertz CT molecular complexity index is 642. The van der Waals surface area contributed by atoms with Gasteiger partial charge in [-0.05, 0) is 18.2 Å². The molecule has 0 saturated carbocycles. The number of alkyl halides is 3. The number of thiazole rings is 1. The number of aromatic nitrogens is 1. The monoisotopic (exact) mass is 284 g/mol. The summed E-state index contributed by atoms with van der Waals surface area (Å²) in [5.74, 6) is 0.0574. The second-order valence-corrected chi connectivity index (χ2v) is 4.55. The minimum absolute atomic E-state index is 0.0574. The quantitative estimate of drug-likeness (QED) is 0.886. The highest BCUT2D eigenvalue weighted by atomic mass is 32.1. The van der Waals surface area contributed by atoms with Gasteiger partial charge >= 0.3 is 6.18 Å². The van der Waals surface area contributed by atoms with E-state index < -0.39 is 11.7 Å². The molecule has 8 heteroatoms. The lowest BCUT2D eigenvalue weighted by atomic mass is 10.2. The van der Waals surface area contributed by atoms with E-state index in [1.54, 1.807) is 0 Å². The summed E-state index contributed by atoms with van der Waals surface area (Å²) < 4.78 is 37.6. The first-order chi connectivity index (χ1) is 8.90. The summed E-state index contributed by atoms with van der Waals surface area (Å²) >= 11 is 0.978. The minimum atomic E-state index is -4.41. The van der Waals surface area contributed by atoms with Gasteiger partial charge in [0.2, 0.25) is 0 Å². The van der Waals surface area contributed by atoms with Crippen LogP contribution in [0, 0.1) is 11.3 Å². The van der Waals surface area contributed by atoms with Gasteiger partial charge in [0.05, 0.1) is 5.56 Å². The molecule has 0 atom stereocenters. The van der Waals surface area contributed by atoms with Gasteiger partial charge in [-0.25, -0.2) is 4.98 Å². The van der Waals surface area contributed by atoms with Crippen LogP contribution in [0.2, 0.25) is 0 Å². The van der Waals surface area contributed by atoms with Crippen LogP contribution in [0.5, 0.6) is 0 Å². The first kappa shape index (κ1) is 13.2.